The van der Waals surface area contributed by atoms with Crippen molar-refractivity contribution in [1.82, 2.24) is 10.2 Å². The monoisotopic (exact) mass is 377 g/mol. The summed E-state index contributed by atoms with van der Waals surface area (Å²) in [5, 5.41) is 5.32. The smallest absolute Gasteiger partial charge is 0.237 e. The summed E-state index contributed by atoms with van der Waals surface area (Å²) in [6.45, 7) is 1.44. The van der Waals surface area contributed by atoms with Crippen molar-refractivity contribution in [2.45, 2.75) is 31.8 Å². The molecule has 0 bridgehead atoms. The Morgan fingerprint density at radius 3 is 2.70 bits per heavy atom. The van der Waals surface area contributed by atoms with E-state index in [2.05, 4.69) is 10.6 Å². The van der Waals surface area contributed by atoms with Crippen LogP contribution in [0.2, 0.25) is 0 Å². The van der Waals surface area contributed by atoms with Gasteiger partial charge in [0.05, 0.1) is 18.8 Å². The van der Waals surface area contributed by atoms with Crippen molar-refractivity contribution in [1.29, 1.82) is 0 Å². The van der Waals surface area contributed by atoms with E-state index < -0.39 is 11.6 Å². The molecule has 8 heteroatoms. The number of likely N-dealkylation sites (tertiary alicyclic amines) is 1. The molecule has 2 heterocycles. The normalized spacial score (nSPS) is 17.0. The minimum atomic E-state index is -0.752. The molecular formula is C19H21F2N3O3. The zero-order valence-electron chi connectivity index (χ0n) is 14.7. The van der Waals surface area contributed by atoms with Crippen LogP contribution in [0.4, 0.5) is 14.5 Å². The number of carbonyl (C=O) groups excluding carboxylic acids is 2. The maximum absolute atomic E-state index is 13.2. The number of benzene rings is 1. The average molecular weight is 377 g/mol. The molecule has 0 saturated carbocycles. The third-order valence-electron chi connectivity index (χ3n) is 4.46. The molecule has 1 unspecified atom stereocenters. The molecule has 144 valence electrons. The van der Waals surface area contributed by atoms with E-state index in [1.165, 1.54) is 0 Å². The van der Waals surface area contributed by atoms with Gasteiger partial charge >= 0.3 is 0 Å². The van der Waals surface area contributed by atoms with E-state index >= 15 is 0 Å². The van der Waals surface area contributed by atoms with Crippen molar-refractivity contribution in [3.63, 3.8) is 0 Å². The number of carbonyl (C=O) groups is 2. The molecule has 1 saturated heterocycles. The average Bonchev–Trinajstić information content (AvgIpc) is 3.28. The molecule has 1 aromatic carbocycles. The molecule has 2 N–H and O–H groups in total. The summed E-state index contributed by atoms with van der Waals surface area (Å²) >= 11 is 0. The molecule has 0 aliphatic carbocycles. The molecule has 1 atom stereocenters. The second kappa shape index (κ2) is 8.77. The summed E-state index contributed by atoms with van der Waals surface area (Å²) in [7, 11) is 0. The van der Waals surface area contributed by atoms with Crippen LogP contribution in [0, 0.1) is 11.6 Å². The SMILES string of the molecule is O=C(CCN1CCCC1C(=O)NCc1ccco1)Nc1cc(F)cc(F)c1. The Kier molecular flexibility index (Phi) is 6.18. The number of furan rings is 1. The van der Waals surface area contributed by atoms with E-state index in [-0.39, 0.29) is 30.0 Å². The number of rotatable bonds is 7. The van der Waals surface area contributed by atoms with Crippen LogP contribution in [0.3, 0.4) is 0 Å². The van der Waals surface area contributed by atoms with E-state index in [0.29, 0.717) is 18.8 Å². The van der Waals surface area contributed by atoms with Crippen LogP contribution in [0.25, 0.3) is 0 Å². The van der Waals surface area contributed by atoms with Gasteiger partial charge in [-0.1, -0.05) is 0 Å². The van der Waals surface area contributed by atoms with Crippen molar-refractivity contribution < 1.29 is 22.8 Å². The predicted octanol–water partition coefficient (Wildman–Crippen LogP) is 2.67. The molecule has 3 rings (SSSR count). The van der Waals surface area contributed by atoms with Gasteiger partial charge in [0.15, 0.2) is 0 Å². The third kappa shape index (κ3) is 5.37. The zero-order valence-corrected chi connectivity index (χ0v) is 14.7. The molecule has 0 spiro atoms. The lowest BCUT2D eigenvalue weighted by atomic mass is 10.2. The van der Waals surface area contributed by atoms with Gasteiger partial charge in [-0.2, -0.15) is 0 Å². The summed E-state index contributed by atoms with van der Waals surface area (Å²) in [5.74, 6) is -1.29. The van der Waals surface area contributed by atoms with Gasteiger partial charge in [0.2, 0.25) is 11.8 Å². The molecule has 0 radical (unpaired) electrons. The number of nitrogens with zero attached hydrogens (tertiary/aromatic N) is 1. The fourth-order valence-corrected chi connectivity index (χ4v) is 3.19. The van der Waals surface area contributed by atoms with Crippen LogP contribution in [0.5, 0.6) is 0 Å². The number of halogens is 2. The number of nitrogens with one attached hydrogen (secondary N) is 2. The fraction of sp³-hybridized carbons (Fsp3) is 0.368. The Labute approximate surface area is 155 Å². The van der Waals surface area contributed by atoms with Gasteiger partial charge in [-0.15, -0.1) is 0 Å². The van der Waals surface area contributed by atoms with Crippen LogP contribution in [0.15, 0.2) is 41.0 Å². The molecule has 1 aromatic heterocycles. The Morgan fingerprint density at radius 2 is 2.00 bits per heavy atom. The van der Waals surface area contributed by atoms with Gasteiger partial charge in [-0.3, -0.25) is 14.5 Å². The summed E-state index contributed by atoms with van der Waals surface area (Å²) in [6.07, 6.45) is 3.27. The highest BCUT2D eigenvalue weighted by Gasteiger charge is 2.30. The van der Waals surface area contributed by atoms with E-state index in [0.717, 1.165) is 37.6 Å². The van der Waals surface area contributed by atoms with Gasteiger partial charge in [0.25, 0.3) is 0 Å². The Morgan fingerprint density at radius 1 is 1.22 bits per heavy atom. The van der Waals surface area contributed by atoms with Crippen LogP contribution in [0.1, 0.15) is 25.0 Å². The van der Waals surface area contributed by atoms with Crippen LogP contribution in [-0.4, -0.2) is 35.8 Å². The summed E-state index contributed by atoms with van der Waals surface area (Å²) < 4.78 is 31.5. The van der Waals surface area contributed by atoms with Gasteiger partial charge in [-0.25, -0.2) is 8.78 Å². The van der Waals surface area contributed by atoms with E-state index in [4.69, 9.17) is 4.42 Å². The fourth-order valence-electron chi connectivity index (χ4n) is 3.19. The Hall–Kier alpha value is -2.74. The first kappa shape index (κ1) is 19.0. The van der Waals surface area contributed by atoms with Crippen LogP contribution >= 0.6 is 0 Å². The lowest BCUT2D eigenvalue weighted by Crippen LogP contribution is -2.43. The van der Waals surface area contributed by atoms with Crippen LogP contribution < -0.4 is 10.6 Å². The summed E-state index contributed by atoms with van der Waals surface area (Å²) in [5.41, 5.74) is 0.0756. The minimum Gasteiger partial charge on any atom is -0.467 e. The second-order valence-corrected chi connectivity index (χ2v) is 6.45. The first-order valence-corrected chi connectivity index (χ1v) is 8.81. The summed E-state index contributed by atoms with van der Waals surface area (Å²) in [6, 6.07) is 6.10. The van der Waals surface area contributed by atoms with Crippen molar-refractivity contribution in [2.75, 3.05) is 18.4 Å². The molecule has 1 fully saturated rings. The van der Waals surface area contributed by atoms with E-state index in [1.54, 1.807) is 18.4 Å². The van der Waals surface area contributed by atoms with Gasteiger partial charge in [-0.05, 0) is 43.7 Å². The molecule has 1 aliphatic rings. The standard InChI is InChI=1S/C19H21F2N3O3/c20-13-9-14(21)11-15(10-13)23-18(25)5-7-24-6-1-4-17(24)19(26)22-12-16-3-2-8-27-16/h2-3,8-11,17H,1,4-7,12H2,(H,22,26)(H,23,25). The third-order valence-corrected chi connectivity index (χ3v) is 4.46. The molecule has 27 heavy (non-hydrogen) atoms. The van der Waals surface area contributed by atoms with Crippen LogP contribution in [-0.2, 0) is 16.1 Å². The largest absolute Gasteiger partial charge is 0.467 e. The van der Waals surface area contributed by atoms with Crippen molar-refractivity contribution in [3.05, 3.63) is 54.0 Å². The quantitative estimate of drug-likeness (QED) is 0.778. The first-order chi connectivity index (χ1) is 13.0. The highest BCUT2D eigenvalue weighted by Crippen LogP contribution is 2.18. The number of hydrogen-bond acceptors (Lipinski definition) is 4. The molecule has 2 aromatic rings. The molecular weight excluding hydrogens is 356 g/mol. The van der Waals surface area contributed by atoms with Crippen molar-refractivity contribution >= 4 is 17.5 Å². The number of hydrogen-bond donors (Lipinski definition) is 2. The number of amides is 2. The van der Waals surface area contributed by atoms with Gasteiger partial charge in [0, 0.05) is 24.7 Å². The number of anilines is 1. The molecule has 6 nitrogen and oxygen atoms in total. The maximum Gasteiger partial charge on any atom is 0.237 e. The Bertz CT molecular complexity index is 775. The van der Waals surface area contributed by atoms with Crippen molar-refractivity contribution in [2.24, 2.45) is 0 Å². The van der Waals surface area contributed by atoms with E-state index in [9.17, 15) is 18.4 Å². The second-order valence-electron chi connectivity index (χ2n) is 6.45. The Balaban J connectivity index is 1.47. The van der Waals surface area contributed by atoms with Gasteiger partial charge in [0.1, 0.15) is 17.4 Å². The van der Waals surface area contributed by atoms with Gasteiger partial charge < -0.3 is 15.1 Å². The molecule has 2 amide bonds. The highest BCUT2D eigenvalue weighted by molar-refractivity contribution is 5.90. The summed E-state index contributed by atoms with van der Waals surface area (Å²) in [4.78, 5) is 26.4. The zero-order chi connectivity index (χ0) is 19.2. The lowest BCUT2D eigenvalue weighted by Gasteiger charge is -2.23. The maximum atomic E-state index is 13.2. The van der Waals surface area contributed by atoms with E-state index in [1.807, 2.05) is 4.90 Å². The highest BCUT2D eigenvalue weighted by atomic mass is 19.1. The molecule has 1 aliphatic heterocycles. The topological polar surface area (TPSA) is 74.6 Å². The lowest BCUT2D eigenvalue weighted by molar-refractivity contribution is -0.126. The first-order valence-electron chi connectivity index (χ1n) is 8.81. The minimum absolute atomic E-state index is 0.0756. The van der Waals surface area contributed by atoms with Crippen molar-refractivity contribution in [3.8, 4) is 0 Å². The predicted molar refractivity (Wildman–Crippen MR) is 94.8 cm³/mol.